The highest BCUT2D eigenvalue weighted by Gasteiger charge is 2.17. The number of carbonyl (C=O) groups excluding carboxylic acids is 1. The van der Waals surface area contributed by atoms with Gasteiger partial charge in [-0.05, 0) is 18.4 Å². The van der Waals surface area contributed by atoms with Crippen LogP contribution in [0.3, 0.4) is 0 Å². The molecule has 5 heteroatoms. The van der Waals surface area contributed by atoms with Crippen molar-refractivity contribution in [2.24, 2.45) is 5.92 Å². The second kappa shape index (κ2) is 5.90. The number of carbonyl (C=O) groups is 1. The Hall–Kier alpha value is -0.840. The SMILES string of the molecule is C=CC(=O)N[C@@H](CC(C)C)CS(C)(=O)=O. The van der Waals surface area contributed by atoms with Crippen LogP contribution in [0.1, 0.15) is 20.3 Å². The lowest BCUT2D eigenvalue weighted by Gasteiger charge is -2.18. The van der Waals surface area contributed by atoms with E-state index in [4.69, 9.17) is 0 Å². The van der Waals surface area contributed by atoms with Gasteiger partial charge in [-0.2, -0.15) is 0 Å². The molecule has 0 saturated heterocycles. The zero-order chi connectivity index (χ0) is 12.1. The average molecular weight is 233 g/mol. The van der Waals surface area contributed by atoms with Gasteiger partial charge in [-0.3, -0.25) is 4.79 Å². The number of rotatable bonds is 6. The molecule has 0 heterocycles. The molecule has 0 aliphatic heterocycles. The molecule has 0 saturated carbocycles. The zero-order valence-corrected chi connectivity index (χ0v) is 10.3. The number of sulfone groups is 1. The molecule has 0 aromatic heterocycles. The lowest BCUT2D eigenvalue weighted by molar-refractivity contribution is -0.117. The summed E-state index contributed by atoms with van der Waals surface area (Å²) in [6, 6.07) is -0.328. The van der Waals surface area contributed by atoms with Crippen LogP contribution in [-0.4, -0.2) is 32.4 Å². The molecule has 0 unspecified atom stereocenters. The molecule has 0 aliphatic carbocycles. The maximum Gasteiger partial charge on any atom is 0.243 e. The molecule has 0 aliphatic rings. The van der Waals surface area contributed by atoms with Crippen LogP contribution in [0, 0.1) is 5.92 Å². The molecule has 0 aromatic rings. The normalized spacial score (nSPS) is 13.6. The van der Waals surface area contributed by atoms with Crippen LogP contribution in [0.25, 0.3) is 0 Å². The van der Waals surface area contributed by atoms with E-state index in [1.165, 1.54) is 6.26 Å². The van der Waals surface area contributed by atoms with Gasteiger partial charge in [0.25, 0.3) is 0 Å². The fourth-order valence-corrected chi connectivity index (χ4v) is 2.31. The van der Waals surface area contributed by atoms with Gasteiger partial charge in [0.2, 0.25) is 5.91 Å². The van der Waals surface area contributed by atoms with E-state index in [1.54, 1.807) is 0 Å². The number of nitrogens with one attached hydrogen (secondary N) is 1. The van der Waals surface area contributed by atoms with Gasteiger partial charge < -0.3 is 5.32 Å². The summed E-state index contributed by atoms with van der Waals surface area (Å²) in [5, 5.41) is 2.62. The van der Waals surface area contributed by atoms with E-state index in [-0.39, 0.29) is 17.7 Å². The van der Waals surface area contributed by atoms with Crippen molar-refractivity contribution in [1.29, 1.82) is 0 Å². The summed E-state index contributed by atoms with van der Waals surface area (Å²) in [7, 11) is -3.07. The van der Waals surface area contributed by atoms with Crippen molar-refractivity contribution in [2.45, 2.75) is 26.3 Å². The Morgan fingerprint density at radius 2 is 2.00 bits per heavy atom. The molecule has 88 valence electrons. The smallest absolute Gasteiger partial charge is 0.243 e. The lowest BCUT2D eigenvalue weighted by atomic mass is 10.1. The average Bonchev–Trinajstić information content (AvgIpc) is 1.99. The predicted molar refractivity (Wildman–Crippen MR) is 61.3 cm³/mol. The first kappa shape index (κ1) is 14.2. The van der Waals surface area contributed by atoms with E-state index >= 15 is 0 Å². The van der Waals surface area contributed by atoms with E-state index in [1.807, 2.05) is 13.8 Å². The van der Waals surface area contributed by atoms with Crippen molar-refractivity contribution in [2.75, 3.05) is 12.0 Å². The largest absolute Gasteiger partial charge is 0.349 e. The summed E-state index contributed by atoms with van der Waals surface area (Å²) in [6.07, 6.45) is 2.96. The fraction of sp³-hybridized carbons (Fsp3) is 0.700. The van der Waals surface area contributed by atoms with E-state index in [9.17, 15) is 13.2 Å². The lowest BCUT2D eigenvalue weighted by Crippen LogP contribution is -2.39. The van der Waals surface area contributed by atoms with Gasteiger partial charge in [0, 0.05) is 12.3 Å². The Bertz CT molecular complexity index is 320. The molecule has 0 rings (SSSR count). The standard InChI is InChI=1S/C10H19NO3S/c1-5-10(12)11-9(6-8(2)3)7-15(4,13)14/h5,8-9H,1,6-7H2,2-4H3,(H,11,12)/t9-/m0/s1. The summed E-state index contributed by atoms with van der Waals surface area (Å²) in [5.74, 6) is -0.0173. The predicted octanol–water partition coefficient (Wildman–Crippen LogP) is 0.748. The van der Waals surface area contributed by atoms with Gasteiger partial charge in [0.15, 0.2) is 0 Å². The summed E-state index contributed by atoms with van der Waals surface area (Å²) in [5.41, 5.74) is 0. The van der Waals surface area contributed by atoms with Gasteiger partial charge in [-0.25, -0.2) is 8.42 Å². The third-order valence-electron chi connectivity index (χ3n) is 1.79. The van der Waals surface area contributed by atoms with Crippen molar-refractivity contribution in [1.82, 2.24) is 5.32 Å². The number of hydrogen-bond acceptors (Lipinski definition) is 3. The second-order valence-corrected chi connectivity index (χ2v) is 6.32. The monoisotopic (exact) mass is 233 g/mol. The van der Waals surface area contributed by atoms with Crippen LogP contribution >= 0.6 is 0 Å². The van der Waals surface area contributed by atoms with Crippen LogP contribution in [0.4, 0.5) is 0 Å². The highest BCUT2D eigenvalue weighted by Crippen LogP contribution is 2.06. The molecule has 1 amide bonds. The van der Waals surface area contributed by atoms with E-state index in [2.05, 4.69) is 11.9 Å². The first-order chi connectivity index (χ1) is 6.74. The van der Waals surface area contributed by atoms with Crippen molar-refractivity contribution in [3.63, 3.8) is 0 Å². The number of hydrogen-bond donors (Lipinski definition) is 1. The van der Waals surface area contributed by atoms with Crippen molar-refractivity contribution < 1.29 is 13.2 Å². The minimum atomic E-state index is -3.07. The summed E-state index contributed by atoms with van der Waals surface area (Å²) >= 11 is 0. The van der Waals surface area contributed by atoms with Crippen molar-refractivity contribution >= 4 is 15.7 Å². The quantitative estimate of drug-likeness (QED) is 0.688. The van der Waals surface area contributed by atoms with Crippen molar-refractivity contribution in [3.05, 3.63) is 12.7 Å². The van der Waals surface area contributed by atoms with Gasteiger partial charge >= 0.3 is 0 Å². The Labute approximate surface area is 91.7 Å². The molecular formula is C10H19NO3S. The molecule has 0 fully saturated rings. The minimum absolute atomic E-state index is 0.0231. The maximum absolute atomic E-state index is 11.1. The third kappa shape index (κ3) is 8.17. The first-order valence-corrected chi connectivity index (χ1v) is 6.91. The van der Waals surface area contributed by atoms with Gasteiger partial charge in [-0.1, -0.05) is 20.4 Å². The topological polar surface area (TPSA) is 63.2 Å². The van der Waals surface area contributed by atoms with Crippen LogP contribution in [0.15, 0.2) is 12.7 Å². The molecule has 0 radical (unpaired) electrons. The molecule has 0 bridgehead atoms. The van der Waals surface area contributed by atoms with Crippen LogP contribution in [-0.2, 0) is 14.6 Å². The zero-order valence-electron chi connectivity index (χ0n) is 9.49. The number of amides is 1. The fourth-order valence-electron chi connectivity index (χ4n) is 1.36. The van der Waals surface area contributed by atoms with E-state index in [0.717, 1.165) is 6.08 Å². The minimum Gasteiger partial charge on any atom is -0.349 e. The van der Waals surface area contributed by atoms with E-state index < -0.39 is 9.84 Å². The van der Waals surface area contributed by atoms with Gasteiger partial charge in [-0.15, -0.1) is 0 Å². The van der Waals surface area contributed by atoms with E-state index in [0.29, 0.717) is 12.3 Å². The highest BCUT2D eigenvalue weighted by atomic mass is 32.2. The molecule has 1 atom stereocenters. The maximum atomic E-state index is 11.1. The van der Waals surface area contributed by atoms with Crippen LogP contribution in [0.5, 0.6) is 0 Å². The Morgan fingerprint density at radius 1 is 1.47 bits per heavy atom. The molecular weight excluding hydrogens is 214 g/mol. The molecule has 0 spiro atoms. The highest BCUT2D eigenvalue weighted by molar-refractivity contribution is 7.90. The Kier molecular flexibility index (Phi) is 5.57. The summed E-state index contributed by atoms with van der Waals surface area (Å²) < 4.78 is 22.2. The van der Waals surface area contributed by atoms with Crippen LogP contribution in [0.2, 0.25) is 0 Å². The Morgan fingerprint density at radius 3 is 2.33 bits per heavy atom. The van der Waals surface area contributed by atoms with Crippen molar-refractivity contribution in [3.8, 4) is 0 Å². The molecule has 1 N–H and O–H groups in total. The van der Waals surface area contributed by atoms with Gasteiger partial charge in [0.05, 0.1) is 5.75 Å². The summed E-state index contributed by atoms with van der Waals surface area (Å²) in [4.78, 5) is 11.1. The first-order valence-electron chi connectivity index (χ1n) is 4.85. The third-order valence-corrected chi connectivity index (χ3v) is 2.80. The second-order valence-electron chi connectivity index (χ2n) is 4.13. The van der Waals surface area contributed by atoms with Gasteiger partial charge in [0.1, 0.15) is 9.84 Å². The molecule has 0 aromatic carbocycles. The molecule has 4 nitrogen and oxygen atoms in total. The summed E-state index contributed by atoms with van der Waals surface area (Å²) in [6.45, 7) is 7.29. The van der Waals surface area contributed by atoms with Crippen LogP contribution < -0.4 is 5.32 Å². The Balaban J connectivity index is 4.44. The molecule has 15 heavy (non-hydrogen) atoms.